The van der Waals surface area contributed by atoms with Gasteiger partial charge in [-0.15, -0.1) is 0 Å². The topological polar surface area (TPSA) is 117 Å². The van der Waals surface area contributed by atoms with E-state index in [1.54, 1.807) is 17.8 Å². The van der Waals surface area contributed by atoms with Gasteiger partial charge < -0.3 is 5.32 Å². The van der Waals surface area contributed by atoms with E-state index in [1.807, 2.05) is 19.3 Å². The van der Waals surface area contributed by atoms with E-state index in [0.29, 0.717) is 29.0 Å². The second-order valence-electron chi connectivity index (χ2n) is 8.50. The number of aryl methyl sites for hydroxylation is 2. The summed E-state index contributed by atoms with van der Waals surface area (Å²) in [5.74, 6) is 0.893. The number of benzene rings is 1. The first-order valence-corrected chi connectivity index (χ1v) is 11.2. The van der Waals surface area contributed by atoms with Crippen molar-refractivity contribution in [1.29, 1.82) is 0 Å². The lowest BCUT2D eigenvalue weighted by Gasteiger charge is -2.18. The molecule has 1 aromatic carbocycles. The van der Waals surface area contributed by atoms with Crippen molar-refractivity contribution in [2.75, 3.05) is 5.32 Å². The molecular formula is C21H24ClN9O2. The van der Waals surface area contributed by atoms with Gasteiger partial charge in [-0.3, -0.25) is 13.9 Å². The van der Waals surface area contributed by atoms with Gasteiger partial charge in [-0.05, 0) is 30.9 Å². The summed E-state index contributed by atoms with van der Waals surface area (Å²) in [4.78, 5) is 34.6. The summed E-state index contributed by atoms with van der Waals surface area (Å²) in [6, 6.07) is 3.58. The van der Waals surface area contributed by atoms with Gasteiger partial charge in [0.1, 0.15) is 6.33 Å². The molecule has 3 aromatic heterocycles. The van der Waals surface area contributed by atoms with Crippen LogP contribution in [-0.2, 0) is 27.2 Å². The quantitative estimate of drug-likeness (QED) is 0.459. The third-order valence-electron chi connectivity index (χ3n) is 5.97. The van der Waals surface area contributed by atoms with Crippen molar-refractivity contribution in [3.8, 4) is 0 Å². The van der Waals surface area contributed by atoms with E-state index in [2.05, 4.69) is 25.5 Å². The Hall–Kier alpha value is -3.47. The first-order valence-electron chi connectivity index (χ1n) is 10.8. The first-order chi connectivity index (χ1) is 15.9. The Morgan fingerprint density at radius 3 is 2.61 bits per heavy atom. The maximum absolute atomic E-state index is 13.4. The van der Waals surface area contributed by atoms with E-state index in [1.165, 1.54) is 15.6 Å². The van der Waals surface area contributed by atoms with E-state index in [0.717, 1.165) is 41.2 Å². The van der Waals surface area contributed by atoms with Crippen LogP contribution in [0.3, 0.4) is 0 Å². The molecule has 0 aliphatic heterocycles. The highest BCUT2D eigenvalue weighted by Gasteiger charge is 2.22. The van der Waals surface area contributed by atoms with Crippen LogP contribution in [0.5, 0.6) is 0 Å². The predicted octanol–water partition coefficient (Wildman–Crippen LogP) is 2.06. The summed E-state index contributed by atoms with van der Waals surface area (Å²) >= 11 is 6.48. The Bertz CT molecular complexity index is 1440. The molecule has 5 rings (SSSR count). The summed E-state index contributed by atoms with van der Waals surface area (Å²) in [5.41, 5.74) is 0.182. The summed E-state index contributed by atoms with van der Waals surface area (Å²) in [5, 5.41) is 13.0. The summed E-state index contributed by atoms with van der Waals surface area (Å²) < 4.78 is 5.83. The van der Waals surface area contributed by atoms with Crippen LogP contribution in [0.25, 0.3) is 10.9 Å². The molecule has 172 valence electrons. The molecule has 33 heavy (non-hydrogen) atoms. The molecule has 0 spiro atoms. The fraction of sp³-hybridized carbons (Fsp3) is 0.429. The average Bonchev–Trinajstić information content (AvgIpc) is 3.50. The van der Waals surface area contributed by atoms with Crippen molar-refractivity contribution in [1.82, 2.24) is 38.7 Å². The van der Waals surface area contributed by atoms with Crippen LogP contribution in [0.1, 0.15) is 31.5 Å². The van der Waals surface area contributed by atoms with E-state index < -0.39 is 11.4 Å². The van der Waals surface area contributed by atoms with Crippen molar-refractivity contribution >= 4 is 34.1 Å². The lowest BCUT2D eigenvalue weighted by atomic mass is 10.1. The molecule has 0 saturated heterocycles. The molecule has 11 nitrogen and oxygen atoms in total. The second kappa shape index (κ2) is 8.47. The lowest BCUT2D eigenvalue weighted by molar-refractivity contribution is 0.428. The minimum atomic E-state index is -0.670. The monoisotopic (exact) mass is 469 g/mol. The number of halogens is 1. The largest absolute Gasteiger partial charge is 0.355 e. The minimum Gasteiger partial charge on any atom is -0.324 e. The standard InChI is InChI=1S/C21H24ClN9O2/c1-28-10-14-7-17(15(22)8-16(14)26-28)24-19-25-20(32)31(11-18-23-12-29(2)27-18)21(33)30(19)9-13-5-3-4-6-13/h7-8,10,12-13H,3-6,9,11H2,1-2H3,(H,24,25,32). The van der Waals surface area contributed by atoms with Crippen LogP contribution < -0.4 is 16.7 Å². The molecule has 0 radical (unpaired) electrons. The number of nitrogens with zero attached hydrogens (tertiary/aromatic N) is 8. The number of nitrogens with one attached hydrogen (secondary N) is 1. The summed E-state index contributed by atoms with van der Waals surface area (Å²) in [6.07, 6.45) is 7.74. The van der Waals surface area contributed by atoms with Crippen LogP contribution in [0.4, 0.5) is 11.6 Å². The number of aromatic nitrogens is 8. The highest BCUT2D eigenvalue weighted by atomic mass is 35.5. The van der Waals surface area contributed by atoms with E-state index in [9.17, 15) is 9.59 Å². The molecule has 1 aliphatic carbocycles. The van der Waals surface area contributed by atoms with Crippen molar-refractivity contribution < 1.29 is 0 Å². The highest BCUT2D eigenvalue weighted by molar-refractivity contribution is 6.34. The van der Waals surface area contributed by atoms with Gasteiger partial charge in [0.25, 0.3) is 0 Å². The number of hydrogen-bond donors (Lipinski definition) is 1. The molecule has 0 unspecified atom stereocenters. The number of fused-ring (bicyclic) bond motifs is 1. The Morgan fingerprint density at radius 1 is 1.09 bits per heavy atom. The van der Waals surface area contributed by atoms with Crippen LogP contribution in [0.15, 0.2) is 34.2 Å². The van der Waals surface area contributed by atoms with Gasteiger partial charge in [0.2, 0.25) is 5.95 Å². The molecule has 0 bridgehead atoms. The van der Waals surface area contributed by atoms with Gasteiger partial charge in [0.05, 0.1) is 22.8 Å². The Balaban J connectivity index is 1.57. The van der Waals surface area contributed by atoms with Gasteiger partial charge in [-0.2, -0.15) is 15.2 Å². The van der Waals surface area contributed by atoms with Gasteiger partial charge in [-0.1, -0.05) is 24.4 Å². The minimum absolute atomic E-state index is 0.0428. The number of rotatable bonds is 6. The zero-order valence-corrected chi connectivity index (χ0v) is 19.2. The molecular weight excluding hydrogens is 446 g/mol. The molecule has 1 fully saturated rings. The van der Waals surface area contributed by atoms with Crippen molar-refractivity contribution in [3.05, 3.63) is 56.5 Å². The SMILES string of the molecule is Cn1cnc(Cn2c(=O)nc(Nc3cc4cn(C)nc4cc3Cl)n(CC3CCCC3)c2=O)n1. The molecule has 12 heteroatoms. The number of hydrogen-bond acceptors (Lipinski definition) is 7. The van der Waals surface area contributed by atoms with Crippen LogP contribution >= 0.6 is 11.6 Å². The average molecular weight is 470 g/mol. The maximum Gasteiger partial charge on any atom is 0.355 e. The van der Waals surface area contributed by atoms with Crippen LogP contribution in [0, 0.1) is 5.92 Å². The zero-order valence-electron chi connectivity index (χ0n) is 18.4. The van der Waals surface area contributed by atoms with E-state index in [-0.39, 0.29) is 12.5 Å². The van der Waals surface area contributed by atoms with Gasteiger partial charge >= 0.3 is 11.4 Å². The Kier molecular flexibility index (Phi) is 5.49. The smallest absolute Gasteiger partial charge is 0.324 e. The predicted molar refractivity (Wildman–Crippen MR) is 124 cm³/mol. The second-order valence-corrected chi connectivity index (χ2v) is 8.91. The van der Waals surface area contributed by atoms with Crippen molar-refractivity contribution in [2.45, 2.75) is 38.8 Å². The van der Waals surface area contributed by atoms with Crippen LogP contribution in [-0.4, -0.2) is 38.7 Å². The molecule has 1 saturated carbocycles. The van der Waals surface area contributed by atoms with Gasteiger partial charge in [0, 0.05) is 32.2 Å². The molecule has 0 atom stereocenters. The van der Waals surface area contributed by atoms with Gasteiger partial charge in [-0.25, -0.2) is 19.1 Å². The zero-order chi connectivity index (χ0) is 23.1. The van der Waals surface area contributed by atoms with Crippen molar-refractivity contribution in [2.24, 2.45) is 20.0 Å². The molecule has 1 aliphatic rings. The molecule has 3 heterocycles. The fourth-order valence-electron chi connectivity index (χ4n) is 4.36. The molecule has 1 N–H and O–H groups in total. The molecule has 4 aromatic rings. The summed E-state index contributed by atoms with van der Waals surface area (Å²) in [7, 11) is 3.56. The maximum atomic E-state index is 13.4. The lowest BCUT2D eigenvalue weighted by Crippen LogP contribution is -2.43. The van der Waals surface area contributed by atoms with E-state index in [4.69, 9.17) is 11.6 Å². The first kappa shape index (κ1) is 21.4. The molecule has 0 amide bonds. The third kappa shape index (κ3) is 4.28. The van der Waals surface area contributed by atoms with Gasteiger partial charge in [0.15, 0.2) is 5.82 Å². The summed E-state index contributed by atoms with van der Waals surface area (Å²) in [6.45, 7) is 0.426. The highest BCUT2D eigenvalue weighted by Crippen LogP contribution is 2.30. The third-order valence-corrected chi connectivity index (χ3v) is 6.28. The van der Waals surface area contributed by atoms with Crippen LogP contribution in [0.2, 0.25) is 5.02 Å². The Morgan fingerprint density at radius 2 is 1.88 bits per heavy atom. The van der Waals surface area contributed by atoms with Crippen molar-refractivity contribution in [3.63, 3.8) is 0 Å². The Labute approximate surface area is 193 Å². The fourth-order valence-corrected chi connectivity index (χ4v) is 4.56. The number of anilines is 2. The normalized spacial score (nSPS) is 14.4. The van der Waals surface area contributed by atoms with E-state index >= 15 is 0 Å².